The van der Waals surface area contributed by atoms with Crippen molar-refractivity contribution in [2.75, 3.05) is 7.11 Å². The van der Waals surface area contributed by atoms with Crippen molar-refractivity contribution in [1.82, 2.24) is 0 Å². The SMILES string of the molecule is COc1ccc(CC(=O)c2cccc(F)c2Br)cc1Br. The summed E-state index contributed by atoms with van der Waals surface area (Å²) in [5, 5.41) is 0. The Bertz CT molecular complexity index is 656. The highest BCUT2D eigenvalue weighted by Crippen LogP contribution is 2.27. The van der Waals surface area contributed by atoms with Crippen molar-refractivity contribution >= 4 is 37.6 Å². The molecule has 0 bridgehead atoms. The topological polar surface area (TPSA) is 26.3 Å². The molecule has 0 unspecified atom stereocenters. The van der Waals surface area contributed by atoms with Crippen LogP contribution in [0.2, 0.25) is 0 Å². The fourth-order valence-corrected chi connectivity index (χ4v) is 2.89. The number of hydrogen-bond donors (Lipinski definition) is 0. The molecular weight excluding hydrogens is 391 g/mol. The fraction of sp³-hybridized carbons (Fsp3) is 0.133. The van der Waals surface area contributed by atoms with Crippen LogP contribution in [0.4, 0.5) is 4.39 Å². The fourth-order valence-electron chi connectivity index (χ4n) is 1.82. The Labute approximate surface area is 133 Å². The standard InChI is InChI=1S/C15H11Br2FO2/c1-20-14-6-5-9(7-11(14)16)8-13(19)10-3-2-4-12(18)15(10)17/h2-7H,8H2,1H3. The normalized spacial score (nSPS) is 10.4. The molecule has 20 heavy (non-hydrogen) atoms. The zero-order valence-corrected chi connectivity index (χ0v) is 13.8. The molecule has 0 aliphatic carbocycles. The number of ketones is 1. The number of benzene rings is 2. The molecule has 0 radical (unpaired) electrons. The van der Waals surface area contributed by atoms with Crippen molar-refractivity contribution in [1.29, 1.82) is 0 Å². The summed E-state index contributed by atoms with van der Waals surface area (Å²) in [6, 6.07) is 9.86. The van der Waals surface area contributed by atoms with E-state index in [1.54, 1.807) is 19.2 Å². The molecule has 0 saturated carbocycles. The highest BCUT2D eigenvalue weighted by atomic mass is 79.9. The van der Waals surface area contributed by atoms with Gasteiger partial charge in [-0.2, -0.15) is 0 Å². The molecule has 0 saturated heterocycles. The average Bonchev–Trinajstić information content (AvgIpc) is 2.42. The van der Waals surface area contributed by atoms with E-state index in [1.807, 2.05) is 12.1 Å². The lowest BCUT2D eigenvalue weighted by Gasteiger charge is -2.07. The van der Waals surface area contributed by atoms with Gasteiger partial charge in [0.15, 0.2) is 5.78 Å². The van der Waals surface area contributed by atoms with Crippen LogP contribution in [0.1, 0.15) is 15.9 Å². The van der Waals surface area contributed by atoms with Crippen LogP contribution in [0.5, 0.6) is 5.75 Å². The van der Waals surface area contributed by atoms with Gasteiger partial charge in [-0.3, -0.25) is 4.79 Å². The van der Waals surface area contributed by atoms with Gasteiger partial charge in [0.25, 0.3) is 0 Å². The number of carbonyl (C=O) groups excluding carboxylic acids is 1. The molecule has 2 aromatic rings. The second-order valence-electron chi connectivity index (χ2n) is 4.17. The first kappa shape index (κ1) is 15.2. The number of ether oxygens (including phenoxy) is 1. The van der Waals surface area contributed by atoms with Gasteiger partial charge >= 0.3 is 0 Å². The predicted octanol–water partition coefficient (Wildman–Crippen LogP) is 4.78. The third kappa shape index (κ3) is 3.27. The average molecular weight is 402 g/mol. The molecule has 0 fully saturated rings. The second-order valence-corrected chi connectivity index (χ2v) is 5.82. The summed E-state index contributed by atoms with van der Waals surface area (Å²) in [7, 11) is 1.58. The van der Waals surface area contributed by atoms with Crippen molar-refractivity contribution in [3.8, 4) is 5.75 Å². The summed E-state index contributed by atoms with van der Waals surface area (Å²) in [4.78, 5) is 12.2. The van der Waals surface area contributed by atoms with Gasteiger partial charge in [-0.15, -0.1) is 0 Å². The van der Waals surface area contributed by atoms with E-state index >= 15 is 0 Å². The minimum absolute atomic E-state index is 0.145. The van der Waals surface area contributed by atoms with Crippen molar-refractivity contribution in [3.05, 3.63) is 62.3 Å². The van der Waals surface area contributed by atoms with Crippen LogP contribution in [0.25, 0.3) is 0 Å². The Morgan fingerprint density at radius 2 is 2.00 bits per heavy atom. The molecule has 2 aromatic carbocycles. The molecule has 0 atom stereocenters. The number of hydrogen-bond acceptors (Lipinski definition) is 2. The summed E-state index contributed by atoms with van der Waals surface area (Å²) in [6.07, 6.45) is 0.199. The number of halogens is 3. The van der Waals surface area contributed by atoms with E-state index in [-0.39, 0.29) is 16.7 Å². The highest BCUT2D eigenvalue weighted by Gasteiger charge is 2.14. The van der Waals surface area contributed by atoms with Gasteiger partial charge in [-0.05, 0) is 55.6 Å². The van der Waals surface area contributed by atoms with E-state index in [2.05, 4.69) is 31.9 Å². The van der Waals surface area contributed by atoms with E-state index in [0.29, 0.717) is 11.3 Å². The first-order chi connectivity index (χ1) is 9.52. The molecule has 104 valence electrons. The lowest BCUT2D eigenvalue weighted by molar-refractivity contribution is 0.0991. The minimum Gasteiger partial charge on any atom is -0.496 e. The van der Waals surface area contributed by atoms with Crippen LogP contribution in [-0.2, 0) is 6.42 Å². The smallest absolute Gasteiger partial charge is 0.168 e. The Morgan fingerprint density at radius 3 is 2.65 bits per heavy atom. The van der Waals surface area contributed by atoms with Gasteiger partial charge in [-0.1, -0.05) is 18.2 Å². The molecule has 2 rings (SSSR count). The van der Waals surface area contributed by atoms with E-state index in [4.69, 9.17) is 4.74 Å². The van der Waals surface area contributed by atoms with E-state index in [9.17, 15) is 9.18 Å². The molecule has 0 N–H and O–H groups in total. The van der Waals surface area contributed by atoms with Gasteiger partial charge in [0.05, 0.1) is 16.1 Å². The maximum Gasteiger partial charge on any atom is 0.168 e. The first-order valence-corrected chi connectivity index (χ1v) is 7.41. The zero-order valence-electron chi connectivity index (χ0n) is 10.6. The van der Waals surface area contributed by atoms with E-state index < -0.39 is 5.82 Å². The van der Waals surface area contributed by atoms with Crippen LogP contribution in [-0.4, -0.2) is 12.9 Å². The Hall–Kier alpha value is -1.20. The van der Waals surface area contributed by atoms with Gasteiger partial charge in [0.2, 0.25) is 0 Å². The van der Waals surface area contributed by atoms with Crippen LogP contribution >= 0.6 is 31.9 Å². The zero-order chi connectivity index (χ0) is 14.7. The molecule has 0 heterocycles. The summed E-state index contributed by atoms with van der Waals surface area (Å²) in [5.41, 5.74) is 1.18. The summed E-state index contributed by atoms with van der Waals surface area (Å²) in [5.74, 6) is 0.119. The third-order valence-electron chi connectivity index (χ3n) is 2.83. The van der Waals surface area contributed by atoms with E-state index in [1.165, 1.54) is 12.1 Å². The summed E-state index contributed by atoms with van der Waals surface area (Å²) in [6.45, 7) is 0. The molecule has 0 aliphatic heterocycles. The Morgan fingerprint density at radius 1 is 1.25 bits per heavy atom. The summed E-state index contributed by atoms with van der Waals surface area (Å²) >= 11 is 6.48. The number of carbonyl (C=O) groups is 1. The molecule has 5 heteroatoms. The quantitative estimate of drug-likeness (QED) is 0.688. The molecule has 2 nitrogen and oxygen atoms in total. The lowest BCUT2D eigenvalue weighted by Crippen LogP contribution is -2.05. The molecule has 0 spiro atoms. The Kier molecular flexibility index (Phi) is 4.94. The third-order valence-corrected chi connectivity index (χ3v) is 4.26. The molecule has 0 amide bonds. The van der Waals surface area contributed by atoms with Crippen LogP contribution < -0.4 is 4.74 Å². The van der Waals surface area contributed by atoms with Gasteiger partial charge in [0, 0.05) is 12.0 Å². The van der Waals surface area contributed by atoms with Crippen LogP contribution in [0.15, 0.2) is 45.3 Å². The predicted molar refractivity (Wildman–Crippen MR) is 82.8 cm³/mol. The van der Waals surface area contributed by atoms with Crippen LogP contribution in [0.3, 0.4) is 0 Å². The maximum atomic E-state index is 13.4. The number of methoxy groups -OCH3 is 1. The summed E-state index contributed by atoms with van der Waals surface area (Å²) < 4.78 is 19.5. The van der Waals surface area contributed by atoms with Gasteiger partial charge in [-0.25, -0.2) is 4.39 Å². The lowest BCUT2D eigenvalue weighted by atomic mass is 10.0. The monoisotopic (exact) mass is 400 g/mol. The van der Waals surface area contributed by atoms with Crippen molar-refractivity contribution in [2.24, 2.45) is 0 Å². The molecule has 0 aromatic heterocycles. The highest BCUT2D eigenvalue weighted by molar-refractivity contribution is 9.10. The van der Waals surface area contributed by atoms with Crippen molar-refractivity contribution in [3.63, 3.8) is 0 Å². The minimum atomic E-state index is -0.438. The first-order valence-electron chi connectivity index (χ1n) is 5.82. The van der Waals surface area contributed by atoms with Crippen molar-refractivity contribution < 1.29 is 13.9 Å². The van der Waals surface area contributed by atoms with Crippen molar-refractivity contribution in [2.45, 2.75) is 6.42 Å². The van der Waals surface area contributed by atoms with Crippen LogP contribution in [0, 0.1) is 5.82 Å². The molecule has 0 aliphatic rings. The number of Topliss-reactive ketones (excluding diaryl/α,β-unsaturated/α-hetero) is 1. The van der Waals surface area contributed by atoms with Gasteiger partial charge < -0.3 is 4.74 Å². The number of rotatable bonds is 4. The maximum absolute atomic E-state index is 13.4. The largest absolute Gasteiger partial charge is 0.496 e. The van der Waals surface area contributed by atoms with Gasteiger partial charge in [0.1, 0.15) is 11.6 Å². The van der Waals surface area contributed by atoms with E-state index in [0.717, 1.165) is 10.0 Å². The second kappa shape index (κ2) is 6.50. The Balaban J connectivity index is 2.24. The molecular formula is C15H11Br2FO2.